The van der Waals surface area contributed by atoms with Gasteiger partial charge in [-0.15, -0.1) is 0 Å². The Kier molecular flexibility index (Phi) is 6.08. The third kappa shape index (κ3) is 5.14. The molecule has 4 heteroatoms. The lowest BCUT2D eigenvalue weighted by atomic mass is 9.96. The van der Waals surface area contributed by atoms with Crippen molar-refractivity contribution in [3.8, 4) is 0 Å². The number of rotatable bonds is 6. The van der Waals surface area contributed by atoms with Gasteiger partial charge in [-0.05, 0) is 11.8 Å². The van der Waals surface area contributed by atoms with Crippen LogP contribution in [-0.2, 0) is 9.59 Å². The lowest BCUT2D eigenvalue weighted by Crippen LogP contribution is -2.42. The van der Waals surface area contributed by atoms with Gasteiger partial charge >= 0.3 is 5.97 Å². The van der Waals surface area contributed by atoms with E-state index in [0.717, 1.165) is 0 Å². The fraction of sp³-hybridized carbons (Fsp3) is 0.833. The van der Waals surface area contributed by atoms with Gasteiger partial charge in [0.15, 0.2) is 0 Å². The standard InChI is InChI=1S/C12H23NO3/c1-8(2)6-13(7-11(14)15)12(16)10(5)9(3)4/h8-10H,6-7H2,1-5H3,(H,14,15). The molecule has 0 aromatic heterocycles. The lowest BCUT2D eigenvalue weighted by molar-refractivity contribution is -0.147. The maximum Gasteiger partial charge on any atom is 0.323 e. The molecule has 0 fully saturated rings. The zero-order chi connectivity index (χ0) is 12.9. The number of amides is 1. The molecule has 0 rings (SSSR count). The molecule has 0 aliphatic heterocycles. The summed E-state index contributed by atoms with van der Waals surface area (Å²) in [6.45, 7) is 10.0. The van der Waals surface area contributed by atoms with E-state index in [1.54, 1.807) is 0 Å². The highest BCUT2D eigenvalue weighted by Gasteiger charge is 2.24. The van der Waals surface area contributed by atoms with Crippen molar-refractivity contribution in [2.45, 2.75) is 34.6 Å². The van der Waals surface area contributed by atoms with Crippen LogP contribution in [-0.4, -0.2) is 35.0 Å². The summed E-state index contributed by atoms with van der Waals surface area (Å²) < 4.78 is 0. The van der Waals surface area contributed by atoms with Crippen LogP contribution in [0.5, 0.6) is 0 Å². The van der Waals surface area contributed by atoms with Crippen molar-refractivity contribution in [3.63, 3.8) is 0 Å². The van der Waals surface area contributed by atoms with E-state index in [0.29, 0.717) is 6.54 Å². The Morgan fingerprint density at radius 3 is 1.94 bits per heavy atom. The van der Waals surface area contributed by atoms with Gasteiger partial charge in [-0.25, -0.2) is 0 Å². The van der Waals surface area contributed by atoms with Crippen molar-refractivity contribution >= 4 is 11.9 Å². The van der Waals surface area contributed by atoms with Crippen LogP contribution in [0.2, 0.25) is 0 Å². The highest BCUT2D eigenvalue weighted by molar-refractivity contribution is 5.83. The second-order valence-corrected chi connectivity index (χ2v) is 5.04. The number of nitrogens with zero attached hydrogens (tertiary/aromatic N) is 1. The Labute approximate surface area is 97.6 Å². The van der Waals surface area contributed by atoms with Crippen molar-refractivity contribution < 1.29 is 14.7 Å². The minimum absolute atomic E-state index is 0.0638. The SMILES string of the molecule is CC(C)CN(CC(=O)O)C(=O)C(C)C(C)C. The number of hydrogen-bond acceptors (Lipinski definition) is 2. The Morgan fingerprint density at radius 2 is 1.62 bits per heavy atom. The minimum atomic E-state index is -0.954. The highest BCUT2D eigenvalue weighted by atomic mass is 16.4. The molecule has 16 heavy (non-hydrogen) atoms. The molecule has 1 N–H and O–H groups in total. The fourth-order valence-electron chi connectivity index (χ4n) is 1.41. The molecule has 1 unspecified atom stereocenters. The predicted molar refractivity (Wildman–Crippen MR) is 63.1 cm³/mol. The number of hydrogen-bond donors (Lipinski definition) is 1. The number of aliphatic carboxylic acids is 1. The van der Waals surface area contributed by atoms with Gasteiger partial charge in [-0.2, -0.15) is 0 Å². The van der Waals surface area contributed by atoms with Gasteiger partial charge < -0.3 is 10.0 Å². The Bertz CT molecular complexity index is 249. The van der Waals surface area contributed by atoms with Crippen molar-refractivity contribution in [2.24, 2.45) is 17.8 Å². The fourth-order valence-corrected chi connectivity index (χ4v) is 1.41. The van der Waals surface area contributed by atoms with E-state index in [2.05, 4.69) is 0 Å². The van der Waals surface area contributed by atoms with Crippen LogP contribution in [0.3, 0.4) is 0 Å². The van der Waals surface area contributed by atoms with Crippen molar-refractivity contribution in [2.75, 3.05) is 13.1 Å². The van der Waals surface area contributed by atoms with E-state index in [1.807, 2.05) is 34.6 Å². The van der Waals surface area contributed by atoms with Crippen LogP contribution >= 0.6 is 0 Å². The maximum atomic E-state index is 12.0. The molecular formula is C12H23NO3. The Balaban J connectivity index is 4.61. The molecule has 94 valence electrons. The molecule has 0 aliphatic carbocycles. The third-order valence-electron chi connectivity index (χ3n) is 2.61. The molecule has 0 bridgehead atoms. The minimum Gasteiger partial charge on any atom is -0.480 e. The molecule has 0 aromatic rings. The average Bonchev–Trinajstić information content (AvgIpc) is 2.12. The van der Waals surface area contributed by atoms with Crippen molar-refractivity contribution in [3.05, 3.63) is 0 Å². The van der Waals surface area contributed by atoms with Gasteiger partial charge in [-0.1, -0.05) is 34.6 Å². The zero-order valence-electron chi connectivity index (χ0n) is 10.9. The van der Waals surface area contributed by atoms with E-state index in [4.69, 9.17) is 5.11 Å². The number of carboxylic acids is 1. The highest BCUT2D eigenvalue weighted by Crippen LogP contribution is 2.14. The summed E-state index contributed by atoms with van der Waals surface area (Å²) in [7, 11) is 0. The molecule has 0 saturated carbocycles. The van der Waals surface area contributed by atoms with E-state index in [9.17, 15) is 9.59 Å². The van der Waals surface area contributed by atoms with Gasteiger partial charge in [0.25, 0.3) is 0 Å². The summed E-state index contributed by atoms with van der Waals surface area (Å²) >= 11 is 0. The quantitative estimate of drug-likeness (QED) is 0.756. The largest absolute Gasteiger partial charge is 0.480 e. The zero-order valence-corrected chi connectivity index (χ0v) is 10.9. The monoisotopic (exact) mass is 229 g/mol. The van der Waals surface area contributed by atoms with Gasteiger partial charge in [0.1, 0.15) is 6.54 Å². The lowest BCUT2D eigenvalue weighted by Gasteiger charge is -2.27. The van der Waals surface area contributed by atoms with E-state index < -0.39 is 5.97 Å². The molecule has 0 saturated heterocycles. The molecule has 1 amide bonds. The molecule has 0 spiro atoms. The molecule has 4 nitrogen and oxygen atoms in total. The third-order valence-corrected chi connectivity index (χ3v) is 2.61. The number of carbonyl (C=O) groups excluding carboxylic acids is 1. The van der Waals surface area contributed by atoms with Gasteiger partial charge in [0.05, 0.1) is 0 Å². The second-order valence-electron chi connectivity index (χ2n) is 5.04. The van der Waals surface area contributed by atoms with E-state index >= 15 is 0 Å². The summed E-state index contributed by atoms with van der Waals surface area (Å²) in [5, 5.41) is 8.77. The topological polar surface area (TPSA) is 57.6 Å². The van der Waals surface area contributed by atoms with Crippen LogP contribution in [0.15, 0.2) is 0 Å². The van der Waals surface area contributed by atoms with Crippen LogP contribution in [0.1, 0.15) is 34.6 Å². The van der Waals surface area contributed by atoms with Crippen LogP contribution in [0.4, 0.5) is 0 Å². The first-order chi connectivity index (χ1) is 7.25. The first kappa shape index (κ1) is 14.9. The van der Waals surface area contributed by atoms with Crippen LogP contribution < -0.4 is 0 Å². The van der Waals surface area contributed by atoms with Crippen LogP contribution in [0.25, 0.3) is 0 Å². The molecule has 1 atom stereocenters. The first-order valence-corrected chi connectivity index (χ1v) is 5.76. The Hall–Kier alpha value is -1.06. The van der Waals surface area contributed by atoms with Gasteiger partial charge in [0, 0.05) is 12.5 Å². The molecule has 0 radical (unpaired) electrons. The molecule has 0 heterocycles. The summed E-state index contributed by atoms with van der Waals surface area (Å²) in [4.78, 5) is 24.2. The molecule has 0 aliphatic rings. The smallest absolute Gasteiger partial charge is 0.323 e. The molecule has 0 aromatic carbocycles. The second kappa shape index (κ2) is 6.51. The van der Waals surface area contributed by atoms with Crippen molar-refractivity contribution in [1.82, 2.24) is 4.90 Å². The normalized spacial score (nSPS) is 12.9. The number of carbonyl (C=O) groups is 2. The van der Waals surface area contributed by atoms with Crippen LogP contribution in [0, 0.1) is 17.8 Å². The summed E-state index contributed by atoms with van der Waals surface area (Å²) in [6.07, 6.45) is 0. The summed E-state index contributed by atoms with van der Waals surface area (Å²) in [5.74, 6) is -0.632. The van der Waals surface area contributed by atoms with Gasteiger partial charge in [-0.3, -0.25) is 9.59 Å². The summed E-state index contributed by atoms with van der Waals surface area (Å²) in [5.41, 5.74) is 0. The predicted octanol–water partition coefficient (Wildman–Crippen LogP) is 1.85. The van der Waals surface area contributed by atoms with E-state index in [-0.39, 0.29) is 30.2 Å². The number of carboxylic acid groups (broad SMARTS) is 1. The molecular weight excluding hydrogens is 206 g/mol. The Morgan fingerprint density at radius 1 is 1.12 bits per heavy atom. The maximum absolute atomic E-state index is 12.0. The first-order valence-electron chi connectivity index (χ1n) is 5.76. The van der Waals surface area contributed by atoms with E-state index in [1.165, 1.54) is 4.90 Å². The average molecular weight is 229 g/mol. The van der Waals surface area contributed by atoms with Crippen molar-refractivity contribution in [1.29, 1.82) is 0 Å². The summed E-state index contributed by atoms with van der Waals surface area (Å²) in [6, 6.07) is 0. The van der Waals surface area contributed by atoms with Gasteiger partial charge in [0.2, 0.25) is 5.91 Å².